The number of rotatable bonds is 5. The minimum Gasteiger partial charge on any atom is -0.497 e. The van der Waals surface area contributed by atoms with E-state index in [9.17, 15) is 9.59 Å². The SMILES string of the molecule is COc1ccc(OC)c(NC(=O)c2ccc3c(=O)n(-c4cccc(Cl)c4)cnc3c2)c1. The Morgan fingerprint density at radius 2 is 1.87 bits per heavy atom. The van der Waals surface area contributed by atoms with Crippen LogP contribution in [0.4, 0.5) is 5.69 Å². The molecular weight excluding hydrogens is 418 g/mol. The lowest BCUT2D eigenvalue weighted by Gasteiger charge is -2.12. The van der Waals surface area contributed by atoms with Gasteiger partial charge in [-0.15, -0.1) is 0 Å². The molecule has 1 N–H and O–H groups in total. The number of benzene rings is 3. The van der Waals surface area contributed by atoms with Crippen molar-refractivity contribution < 1.29 is 14.3 Å². The highest BCUT2D eigenvalue weighted by Gasteiger charge is 2.14. The van der Waals surface area contributed by atoms with Crippen LogP contribution in [0.1, 0.15) is 10.4 Å². The number of carbonyl (C=O) groups excluding carboxylic acids is 1. The molecule has 4 aromatic rings. The van der Waals surface area contributed by atoms with Crippen molar-refractivity contribution >= 4 is 34.1 Å². The van der Waals surface area contributed by atoms with Crippen molar-refractivity contribution in [1.82, 2.24) is 9.55 Å². The van der Waals surface area contributed by atoms with Crippen LogP contribution in [0.2, 0.25) is 5.02 Å². The third-order valence-corrected chi connectivity index (χ3v) is 5.00. The molecule has 7 nitrogen and oxygen atoms in total. The molecule has 0 aliphatic carbocycles. The topological polar surface area (TPSA) is 82.5 Å². The van der Waals surface area contributed by atoms with E-state index >= 15 is 0 Å². The summed E-state index contributed by atoms with van der Waals surface area (Å²) in [5.41, 5.74) is 1.59. The molecule has 0 spiro atoms. The van der Waals surface area contributed by atoms with Crippen molar-refractivity contribution in [3.63, 3.8) is 0 Å². The van der Waals surface area contributed by atoms with Gasteiger partial charge in [-0.3, -0.25) is 14.2 Å². The standard InChI is InChI=1S/C23H18ClN3O4/c1-30-17-7-9-21(31-2)20(12-17)26-22(28)14-6-8-18-19(10-14)25-13-27(23(18)29)16-5-3-4-15(24)11-16/h3-13H,1-2H3,(H,26,28). The lowest BCUT2D eigenvalue weighted by molar-refractivity contribution is 0.102. The summed E-state index contributed by atoms with van der Waals surface area (Å²) in [4.78, 5) is 30.1. The van der Waals surface area contributed by atoms with Crippen LogP contribution in [0.25, 0.3) is 16.6 Å². The van der Waals surface area contributed by atoms with E-state index < -0.39 is 0 Å². The third-order valence-electron chi connectivity index (χ3n) is 4.76. The number of anilines is 1. The number of ether oxygens (including phenoxy) is 2. The van der Waals surface area contributed by atoms with Gasteiger partial charge in [0.05, 0.1) is 36.5 Å². The van der Waals surface area contributed by atoms with Crippen LogP contribution < -0.4 is 20.3 Å². The van der Waals surface area contributed by atoms with Crippen molar-refractivity contribution in [2.45, 2.75) is 0 Å². The van der Waals surface area contributed by atoms with Crippen molar-refractivity contribution in [2.75, 3.05) is 19.5 Å². The summed E-state index contributed by atoms with van der Waals surface area (Å²) in [6.45, 7) is 0. The summed E-state index contributed by atoms with van der Waals surface area (Å²) >= 11 is 6.03. The number of aromatic nitrogens is 2. The minimum atomic E-state index is -0.366. The van der Waals surface area contributed by atoms with Crippen molar-refractivity contribution in [3.8, 4) is 17.2 Å². The number of carbonyl (C=O) groups is 1. The fourth-order valence-electron chi connectivity index (χ4n) is 3.18. The Labute approximate surface area is 182 Å². The highest BCUT2D eigenvalue weighted by atomic mass is 35.5. The molecule has 0 radical (unpaired) electrons. The molecular formula is C23H18ClN3O4. The average Bonchev–Trinajstić information content (AvgIpc) is 2.79. The van der Waals surface area contributed by atoms with Gasteiger partial charge in [-0.05, 0) is 48.5 Å². The molecule has 1 amide bonds. The summed E-state index contributed by atoms with van der Waals surface area (Å²) in [7, 11) is 3.06. The number of halogens is 1. The van der Waals surface area contributed by atoms with Gasteiger partial charge in [0.15, 0.2) is 0 Å². The first-order valence-electron chi connectivity index (χ1n) is 9.31. The van der Waals surface area contributed by atoms with Gasteiger partial charge in [0.1, 0.15) is 17.8 Å². The molecule has 8 heteroatoms. The van der Waals surface area contributed by atoms with E-state index in [1.54, 1.807) is 67.8 Å². The van der Waals surface area contributed by atoms with Gasteiger partial charge in [0.2, 0.25) is 0 Å². The largest absolute Gasteiger partial charge is 0.497 e. The van der Waals surface area contributed by atoms with Gasteiger partial charge in [-0.2, -0.15) is 0 Å². The zero-order chi connectivity index (χ0) is 22.0. The van der Waals surface area contributed by atoms with Crippen LogP contribution in [-0.4, -0.2) is 29.7 Å². The molecule has 0 saturated carbocycles. The molecule has 156 valence electrons. The molecule has 0 aliphatic heterocycles. The second-order valence-corrected chi connectivity index (χ2v) is 7.09. The number of hydrogen-bond acceptors (Lipinski definition) is 5. The third kappa shape index (κ3) is 4.08. The zero-order valence-corrected chi connectivity index (χ0v) is 17.5. The maximum absolute atomic E-state index is 12.9. The molecule has 1 aromatic heterocycles. The molecule has 0 bridgehead atoms. The highest BCUT2D eigenvalue weighted by molar-refractivity contribution is 6.30. The minimum absolute atomic E-state index is 0.256. The van der Waals surface area contributed by atoms with E-state index in [2.05, 4.69) is 10.3 Å². The quantitative estimate of drug-likeness (QED) is 0.505. The van der Waals surface area contributed by atoms with Gasteiger partial charge >= 0.3 is 0 Å². The van der Waals surface area contributed by atoms with Crippen LogP contribution in [0.5, 0.6) is 11.5 Å². The number of methoxy groups -OCH3 is 2. The van der Waals surface area contributed by atoms with E-state index in [-0.39, 0.29) is 11.5 Å². The molecule has 0 saturated heterocycles. The lowest BCUT2D eigenvalue weighted by Crippen LogP contribution is -2.19. The number of fused-ring (bicyclic) bond motifs is 1. The fourth-order valence-corrected chi connectivity index (χ4v) is 3.36. The zero-order valence-electron chi connectivity index (χ0n) is 16.8. The van der Waals surface area contributed by atoms with Crippen LogP contribution >= 0.6 is 11.6 Å². The molecule has 0 atom stereocenters. The van der Waals surface area contributed by atoms with Gasteiger partial charge in [-0.25, -0.2) is 4.98 Å². The molecule has 0 unspecified atom stereocenters. The van der Waals surface area contributed by atoms with Crippen molar-refractivity contribution in [1.29, 1.82) is 0 Å². The fraction of sp³-hybridized carbons (Fsp3) is 0.0870. The maximum Gasteiger partial charge on any atom is 0.265 e. The Kier molecular flexibility index (Phi) is 5.60. The second-order valence-electron chi connectivity index (χ2n) is 6.65. The molecule has 4 rings (SSSR count). The van der Waals surface area contributed by atoms with E-state index in [1.165, 1.54) is 18.0 Å². The van der Waals surface area contributed by atoms with Crippen LogP contribution in [0, 0.1) is 0 Å². The number of nitrogens with zero attached hydrogens (tertiary/aromatic N) is 2. The summed E-state index contributed by atoms with van der Waals surface area (Å²) in [6.07, 6.45) is 1.42. The maximum atomic E-state index is 12.9. The van der Waals surface area contributed by atoms with Gasteiger partial charge < -0.3 is 14.8 Å². The van der Waals surface area contributed by atoms with Gasteiger partial charge in [0, 0.05) is 16.7 Å². The monoisotopic (exact) mass is 435 g/mol. The number of hydrogen-bond donors (Lipinski definition) is 1. The van der Waals surface area contributed by atoms with Gasteiger partial charge in [-0.1, -0.05) is 17.7 Å². The Morgan fingerprint density at radius 3 is 2.61 bits per heavy atom. The average molecular weight is 436 g/mol. The summed E-state index contributed by atoms with van der Waals surface area (Å²) in [6, 6.07) is 16.8. The normalized spacial score (nSPS) is 10.7. The molecule has 31 heavy (non-hydrogen) atoms. The summed E-state index contributed by atoms with van der Waals surface area (Å²) in [5, 5.41) is 3.71. The van der Waals surface area contributed by atoms with E-state index in [0.717, 1.165) is 0 Å². The van der Waals surface area contributed by atoms with Crippen LogP contribution in [0.15, 0.2) is 71.8 Å². The second kappa shape index (κ2) is 8.49. The first-order valence-corrected chi connectivity index (χ1v) is 9.68. The smallest absolute Gasteiger partial charge is 0.265 e. The number of nitrogens with one attached hydrogen (secondary N) is 1. The summed E-state index contributed by atoms with van der Waals surface area (Å²) < 4.78 is 11.9. The molecule has 1 heterocycles. The lowest BCUT2D eigenvalue weighted by atomic mass is 10.1. The van der Waals surface area contributed by atoms with Crippen LogP contribution in [-0.2, 0) is 0 Å². The first kappa shape index (κ1) is 20.4. The van der Waals surface area contributed by atoms with Crippen molar-refractivity contribution in [2.24, 2.45) is 0 Å². The Balaban J connectivity index is 1.68. The van der Waals surface area contributed by atoms with Crippen molar-refractivity contribution in [3.05, 3.63) is 87.9 Å². The summed E-state index contributed by atoms with van der Waals surface area (Å²) in [5.74, 6) is 0.713. The molecule has 0 aliphatic rings. The van der Waals surface area contributed by atoms with E-state index in [1.807, 2.05) is 0 Å². The predicted molar refractivity (Wildman–Crippen MR) is 120 cm³/mol. The number of amides is 1. The van der Waals surface area contributed by atoms with Gasteiger partial charge in [0.25, 0.3) is 11.5 Å². The Hall–Kier alpha value is -3.84. The predicted octanol–water partition coefficient (Wildman–Crippen LogP) is 4.31. The van der Waals surface area contributed by atoms with E-state index in [4.69, 9.17) is 21.1 Å². The Bertz CT molecular complexity index is 1350. The molecule has 0 fully saturated rings. The van der Waals surface area contributed by atoms with Crippen LogP contribution in [0.3, 0.4) is 0 Å². The Morgan fingerprint density at radius 1 is 1.03 bits per heavy atom. The highest BCUT2D eigenvalue weighted by Crippen LogP contribution is 2.29. The first-order chi connectivity index (χ1) is 15.0. The van der Waals surface area contributed by atoms with E-state index in [0.29, 0.717) is 44.4 Å². The molecule has 3 aromatic carbocycles.